The number of carbonyl (C=O) groups is 3. The Hall–Kier alpha value is -3.63. The van der Waals surface area contributed by atoms with E-state index in [9.17, 15) is 14.4 Å². The molecule has 1 fully saturated rings. The van der Waals surface area contributed by atoms with Crippen LogP contribution in [0.5, 0.6) is 11.5 Å². The smallest absolute Gasteiger partial charge is 0.344 e. The summed E-state index contributed by atoms with van der Waals surface area (Å²) in [6, 6.07) is 27.6. The van der Waals surface area contributed by atoms with E-state index in [1.165, 1.54) is 4.90 Å². The van der Waals surface area contributed by atoms with E-state index in [1.807, 2.05) is 54.6 Å². The molecule has 1 aliphatic heterocycles. The van der Waals surface area contributed by atoms with Gasteiger partial charge in [-0.25, -0.2) is 4.79 Å². The van der Waals surface area contributed by atoms with Crippen molar-refractivity contribution in [2.75, 3.05) is 13.2 Å². The minimum Gasteiger partial charge on any atom is -0.491 e. The Morgan fingerprint density at radius 2 is 1.62 bits per heavy atom. The van der Waals surface area contributed by atoms with Crippen molar-refractivity contribution in [1.82, 2.24) is 4.90 Å². The van der Waals surface area contributed by atoms with Crippen LogP contribution in [0.4, 0.5) is 4.79 Å². The fourth-order valence-corrected chi connectivity index (χ4v) is 5.31. The normalized spacial score (nSPS) is 14.4. The van der Waals surface area contributed by atoms with Crippen molar-refractivity contribution in [1.29, 1.82) is 0 Å². The monoisotopic (exact) mass is 621 g/mol. The molecule has 4 aromatic rings. The van der Waals surface area contributed by atoms with E-state index in [-0.39, 0.29) is 24.3 Å². The molecule has 0 unspecified atom stereocenters. The van der Waals surface area contributed by atoms with E-state index in [0.29, 0.717) is 27.5 Å². The number of hydrogen-bond acceptors (Lipinski definition) is 6. The molecule has 0 aromatic heterocycles. The largest absolute Gasteiger partial charge is 0.491 e. The summed E-state index contributed by atoms with van der Waals surface area (Å²) < 4.78 is 12.2. The molecule has 1 aliphatic rings. The summed E-state index contributed by atoms with van der Waals surface area (Å²) in [6.45, 7) is 0.345. The molecule has 1 heterocycles. The Balaban J connectivity index is 1.20. The summed E-state index contributed by atoms with van der Waals surface area (Å²) in [4.78, 5) is 39.3. The van der Waals surface area contributed by atoms with Gasteiger partial charge >= 0.3 is 5.97 Å². The zero-order valence-corrected chi connectivity index (χ0v) is 22.4. The number of ether oxygens (including phenoxy) is 2. The van der Waals surface area contributed by atoms with Gasteiger partial charge in [-0.1, -0.05) is 60.7 Å². The first-order valence-electron chi connectivity index (χ1n) is 11.4. The van der Waals surface area contributed by atoms with Gasteiger partial charge in [-0.2, -0.15) is 0 Å². The molecular formula is C29H20INO5S. The summed E-state index contributed by atoms with van der Waals surface area (Å²) in [5, 5.41) is 1.71. The average molecular weight is 621 g/mol. The van der Waals surface area contributed by atoms with Crippen molar-refractivity contribution in [2.24, 2.45) is 0 Å². The van der Waals surface area contributed by atoms with E-state index in [4.69, 9.17) is 9.47 Å². The molecule has 1 saturated heterocycles. The van der Waals surface area contributed by atoms with Gasteiger partial charge in [0.2, 0.25) is 0 Å². The summed E-state index contributed by atoms with van der Waals surface area (Å²) in [6.07, 6.45) is 1.65. The topological polar surface area (TPSA) is 72.9 Å². The van der Waals surface area contributed by atoms with Crippen molar-refractivity contribution in [3.8, 4) is 11.5 Å². The van der Waals surface area contributed by atoms with Crippen LogP contribution in [0.15, 0.2) is 95.9 Å². The number of halogens is 1. The second kappa shape index (κ2) is 11.2. The number of amides is 2. The first kappa shape index (κ1) is 25.0. The van der Waals surface area contributed by atoms with Crippen LogP contribution in [0, 0.1) is 3.57 Å². The van der Waals surface area contributed by atoms with Crippen LogP contribution in [0.2, 0.25) is 0 Å². The van der Waals surface area contributed by atoms with Crippen molar-refractivity contribution < 1.29 is 23.9 Å². The number of rotatable bonds is 7. The van der Waals surface area contributed by atoms with Gasteiger partial charge in [0, 0.05) is 8.96 Å². The van der Waals surface area contributed by atoms with E-state index < -0.39 is 5.97 Å². The third-order valence-corrected chi connectivity index (χ3v) is 7.53. The van der Waals surface area contributed by atoms with Crippen LogP contribution in [0.25, 0.3) is 16.8 Å². The predicted molar refractivity (Wildman–Crippen MR) is 153 cm³/mol. The molecule has 0 radical (unpaired) electrons. The number of imide groups is 1. The van der Waals surface area contributed by atoms with Crippen LogP contribution in [0.3, 0.4) is 0 Å². The SMILES string of the molecule is O=C(Oc1ccc(/C=C2\SC(=O)N(CCOc3cccc4ccccc34)C2=O)cc1)c1ccccc1I. The lowest BCUT2D eigenvalue weighted by atomic mass is 10.1. The lowest BCUT2D eigenvalue weighted by Crippen LogP contribution is -2.32. The third kappa shape index (κ3) is 5.70. The Kier molecular flexibility index (Phi) is 7.57. The van der Waals surface area contributed by atoms with Gasteiger partial charge < -0.3 is 9.47 Å². The molecule has 6 nitrogen and oxygen atoms in total. The quantitative estimate of drug-likeness (QED) is 0.0981. The summed E-state index contributed by atoms with van der Waals surface area (Å²) >= 11 is 2.98. The molecule has 2 amide bonds. The van der Waals surface area contributed by atoms with Gasteiger partial charge in [0.25, 0.3) is 11.1 Å². The molecule has 5 rings (SSSR count). The van der Waals surface area contributed by atoms with Crippen molar-refractivity contribution in [3.63, 3.8) is 0 Å². The van der Waals surface area contributed by atoms with E-state index in [2.05, 4.69) is 22.6 Å². The lowest BCUT2D eigenvalue weighted by Gasteiger charge is -2.14. The van der Waals surface area contributed by atoms with Crippen LogP contribution < -0.4 is 9.47 Å². The molecule has 184 valence electrons. The fourth-order valence-electron chi connectivity index (χ4n) is 3.83. The van der Waals surface area contributed by atoms with Crippen LogP contribution in [0.1, 0.15) is 15.9 Å². The Morgan fingerprint density at radius 3 is 2.43 bits per heavy atom. The first-order chi connectivity index (χ1) is 18.0. The third-order valence-electron chi connectivity index (χ3n) is 5.68. The lowest BCUT2D eigenvalue weighted by molar-refractivity contribution is -0.123. The number of nitrogens with zero attached hydrogens (tertiary/aromatic N) is 1. The highest BCUT2D eigenvalue weighted by atomic mass is 127. The molecule has 0 bridgehead atoms. The molecule has 4 aromatic carbocycles. The Labute approximate surface area is 231 Å². The fraction of sp³-hybridized carbons (Fsp3) is 0.0690. The van der Waals surface area contributed by atoms with Crippen LogP contribution >= 0.6 is 34.4 Å². The first-order valence-corrected chi connectivity index (χ1v) is 13.3. The maximum atomic E-state index is 12.9. The van der Waals surface area contributed by atoms with Gasteiger partial charge in [-0.15, -0.1) is 0 Å². The molecule has 0 saturated carbocycles. The molecular weight excluding hydrogens is 601 g/mol. The maximum absolute atomic E-state index is 12.9. The molecule has 37 heavy (non-hydrogen) atoms. The zero-order chi connectivity index (χ0) is 25.8. The zero-order valence-electron chi connectivity index (χ0n) is 19.4. The van der Waals surface area contributed by atoms with Crippen molar-refractivity contribution >= 4 is 68.3 Å². The van der Waals surface area contributed by atoms with Gasteiger partial charge in [-0.05, 0) is 81.7 Å². The van der Waals surface area contributed by atoms with E-state index in [1.54, 1.807) is 42.5 Å². The number of fused-ring (bicyclic) bond motifs is 1. The number of benzene rings is 4. The number of carbonyl (C=O) groups excluding carboxylic acids is 3. The van der Waals surface area contributed by atoms with Gasteiger partial charge in [-0.3, -0.25) is 14.5 Å². The highest BCUT2D eigenvalue weighted by Crippen LogP contribution is 2.32. The molecule has 0 aliphatic carbocycles. The van der Waals surface area contributed by atoms with Crippen molar-refractivity contribution in [2.45, 2.75) is 0 Å². The number of esters is 1. The highest BCUT2D eigenvalue weighted by Gasteiger charge is 2.34. The molecule has 8 heteroatoms. The Morgan fingerprint density at radius 1 is 0.892 bits per heavy atom. The predicted octanol–water partition coefficient (Wildman–Crippen LogP) is 6.78. The van der Waals surface area contributed by atoms with Gasteiger partial charge in [0.05, 0.1) is 17.0 Å². The van der Waals surface area contributed by atoms with Crippen molar-refractivity contribution in [3.05, 3.63) is 111 Å². The van der Waals surface area contributed by atoms with Gasteiger partial charge in [0.15, 0.2) is 0 Å². The van der Waals surface area contributed by atoms with Crippen LogP contribution in [-0.2, 0) is 4.79 Å². The minimum absolute atomic E-state index is 0.151. The van der Waals surface area contributed by atoms with Gasteiger partial charge in [0.1, 0.15) is 18.1 Å². The minimum atomic E-state index is -0.440. The standard InChI is InChI=1S/C29H20INO5S/c30-24-10-4-3-9-23(24)28(33)36-21-14-12-19(13-15-21)18-26-27(32)31(29(34)37-26)16-17-35-25-11-5-7-20-6-1-2-8-22(20)25/h1-15,18H,16-17H2/b26-18-. The summed E-state index contributed by atoms with van der Waals surface area (Å²) in [7, 11) is 0. The number of hydrogen-bond donors (Lipinski definition) is 0. The summed E-state index contributed by atoms with van der Waals surface area (Å²) in [5.74, 6) is 0.305. The highest BCUT2D eigenvalue weighted by molar-refractivity contribution is 14.1. The molecule has 0 spiro atoms. The molecule has 0 N–H and O–H groups in total. The Bertz CT molecular complexity index is 1530. The number of thioether (sulfide) groups is 1. The average Bonchev–Trinajstić information content (AvgIpc) is 3.17. The second-order valence-electron chi connectivity index (χ2n) is 8.10. The van der Waals surface area contributed by atoms with E-state index >= 15 is 0 Å². The maximum Gasteiger partial charge on any atom is 0.344 e. The molecule has 0 atom stereocenters. The summed E-state index contributed by atoms with van der Waals surface area (Å²) in [5.41, 5.74) is 1.21. The van der Waals surface area contributed by atoms with E-state index in [0.717, 1.165) is 26.1 Å². The van der Waals surface area contributed by atoms with Crippen LogP contribution in [-0.4, -0.2) is 35.2 Å². The second-order valence-corrected chi connectivity index (χ2v) is 10.3.